The largest absolute Gasteiger partial charge is 0.416 e. The van der Waals surface area contributed by atoms with Crippen LogP contribution in [0, 0.1) is 17.5 Å². The van der Waals surface area contributed by atoms with Gasteiger partial charge in [0.2, 0.25) is 10.0 Å². The zero-order chi connectivity index (χ0) is 33.8. The number of aliphatic hydroxyl groups excluding tert-OH is 3. The molecule has 2 aliphatic heterocycles. The van der Waals surface area contributed by atoms with Crippen LogP contribution in [0.3, 0.4) is 0 Å². The molecule has 10 nitrogen and oxygen atoms in total. The summed E-state index contributed by atoms with van der Waals surface area (Å²) in [5.41, 5.74) is -3.62. The molecule has 46 heavy (non-hydrogen) atoms. The minimum atomic E-state index is -4.85. The van der Waals surface area contributed by atoms with Gasteiger partial charge in [0.15, 0.2) is 17.5 Å². The summed E-state index contributed by atoms with van der Waals surface area (Å²) >= 11 is 0. The number of nitrogens with zero attached hydrogens (tertiary/aromatic N) is 4. The van der Waals surface area contributed by atoms with Crippen LogP contribution < -0.4 is 0 Å². The molecular formula is C28H32F6N4O6S2. The van der Waals surface area contributed by atoms with Crippen LogP contribution in [0.1, 0.15) is 35.3 Å². The average Bonchev–Trinajstić information content (AvgIpc) is 3.45. The van der Waals surface area contributed by atoms with E-state index in [4.69, 9.17) is 0 Å². The van der Waals surface area contributed by atoms with Crippen molar-refractivity contribution in [3.63, 3.8) is 0 Å². The molecule has 4 N–H and O–H groups in total. The zero-order valence-corrected chi connectivity index (χ0v) is 25.9. The van der Waals surface area contributed by atoms with Crippen molar-refractivity contribution in [1.82, 2.24) is 19.3 Å². The van der Waals surface area contributed by atoms with E-state index >= 15 is 0 Å². The van der Waals surface area contributed by atoms with Crippen LogP contribution >= 0.6 is 10.9 Å². The van der Waals surface area contributed by atoms with E-state index in [2.05, 4.69) is 10.3 Å². The lowest BCUT2D eigenvalue weighted by Gasteiger charge is -2.53. The van der Waals surface area contributed by atoms with Crippen molar-refractivity contribution in [1.29, 1.82) is 0 Å². The van der Waals surface area contributed by atoms with Gasteiger partial charge in [-0.05, 0) is 36.6 Å². The van der Waals surface area contributed by atoms with E-state index in [-0.39, 0.29) is 48.5 Å². The highest BCUT2D eigenvalue weighted by atomic mass is 32.2. The molecule has 2 saturated heterocycles. The van der Waals surface area contributed by atoms with Crippen LogP contribution in [-0.4, -0.2) is 103 Å². The molecule has 2 aromatic carbocycles. The summed E-state index contributed by atoms with van der Waals surface area (Å²) in [6.45, 7) is -1.14. The first-order chi connectivity index (χ1) is 21.5. The molecule has 0 saturated carbocycles. The van der Waals surface area contributed by atoms with Gasteiger partial charge in [0, 0.05) is 34.9 Å². The maximum Gasteiger partial charge on any atom is 0.416 e. The molecule has 2 aliphatic rings. The Kier molecular flexibility index (Phi) is 9.55. The molecule has 0 spiro atoms. The molecule has 0 radical (unpaired) electrons. The predicted octanol–water partition coefficient (Wildman–Crippen LogP) is 2.55. The number of aliphatic hydroxyl groups is 4. The first-order valence-corrected chi connectivity index (χ1v) is 17.6. The quantitative estimate of drug-likeness (QED) is 0.144. The van der Waals surface area contributed by atoms with Crippen LogP contribution in [0.25, 0.3) is 11.3 Å². The Labute approximate surface area is 262 Å². The van der Waals surface area contributed by atoms with Crippen molar-refractivity contribution in [2.45, 2.75) is 53.4 Å². The third-order valence-corrected chi connectivity index (χ3v) is 13.5. The highest BCUT2D eigenvalue weighted by Gasteiger charge is 2.53. The van der Waals surface area contributed by atoms with Crippen molar-refractivity contribution in [2.75, 3.05) is 31.7 Å². The number of alkyl halides is 3. The Morgan fingerprint density at radius 3 is 2.26 bits per heavy atom. The van der Waals surface area contributed by atoms with Gasteiger partial charge < -0.3 is 20.4 Å². The summed E-state index contributed by atoms with van der Waals surface area (Å²) in [6.07, 6.45) is -6.41. The SMILES string of the molecule is CS(=O)(=O)N1CCC(O)([C@@H](c2ccccc2C(F)(F)F)[SH]2C[C@H](O)[C@H](n3cc(-c4cc(F)c(F)c(F)c4)nn3)[C@@H](O)[C@H]2CO)CC1. The molecule has 18 heteroatoms. The molecule has 0 amide bonds. The molecule has 2 fully saturated rings. The van der Waals surface area contributed by atoms with Crippen LogP contribution in [0.15, 0.2) is 42.6 Å². The Hall–Kier alpha value is -2.74. The monoisotopic (exact) mass is 698 g/mol. The molecule has 1 aromatic heterocycles. The fraction of sp³-hybridized carbons (Fsp3) is 0.500. The second-order valence-electron chi connectivity index (χ2n) is 11.6. The van der Waals surface area contributed by atoms with Crippen molar-refractivity contribution in [3.05, 3.63) is 71.2 Å². The minimum Gasteiger partial charge on any atom is -0.395 e. The summed E-state index contributed by atoms with van der Waals surface area (Å²) in [4.78, 5) is 0. The van der Waals surface area contributed by atoms with E-state index in [9.17, 15) is 55.2 Å². The Morgan fingerprint density at radius 1 is 1.09 bits per heavy atom. The number of halogens is 6. The molecule has 1 unspecified atom stereocenters. The number of sulfonamides is 1. The smallest absolute Gasteiger partial charge is 0.395 e. The molecule has 3 aromatic rings. The lowest BCUT2D eigenvalue weighted by molar-refractivity contribution is -0.138. The summed E-state index contributed by atoms with van der Waals surface area (Å²) in [5, 5.41) is 50.6. The fourth-order valence-electron chi connectivity index (χ4n) is 6.46. The Morgan fingerprint density at radius 2 is 1.70 bits per heavy atom. The maximum atomic E-state index is 14.3. The van der Waals surface area contributed by atoms with E-state index in [1.54, 1.807) is 0 Å². The fourth-order valence-corrected chi connectivity index (χ4v) is 11.1. The van der Waals surface area contributed by atoms with Crippen molar-refractivity contribution in [2.24, 2.45) is 0 Å². The van der Waals surface area contributed by atoms with Gasteiger partial charge in [0.05, 0.1) is 42.4 Å². The molecule has 5 rings (SSSR count). The van der Waals surface area contributed by atoms with Crippen LogP contribution in [0.5, 0.6) is 0 Å². The van der Waals surface area contributed by atoms with Gasteiger partial charge in [0.25, 0.3) is 0 Å². The Bertz CT molecular complexity index is 1660. The first-order valence-electron chi connectivity index (χ1n) is 14.1. The number of hydrogen-bond donors (Lipinski definition) is 5. The molecule has 6 atom stereocenters. The topological polar surface area (TPSA) is 149 Å². The second kappa shape index (κ2) is 12.7. The number of piperidine rings is 1. The van der Waals surface area contributed by atoms with E-state index in [0.29, 0.717) is 12.1 Å². The summed E-state index contributed by atoms with van der Waals surface area (Å²) in [7, 11) is -5.73. The van der Waals surface area contributed by atoms with Gasteiger partial charge in [-0.25, -0.2) is 41.5 Å². The maximum absolute atomic E-state index is 14.3. The lowest BCUT2D eigenvalue weighted by atomic mass is 9.84. The van der Waals surface area contributed by atoms with Crippen molar-refractivity contribution < 1.29 is 55.2 Å². The second-order valence-corrected chi connectivity index (χ2v) is 16.1. The highest BCUT2D eigenvalue weighted by Crippen LogP contribution is 2.60. The van der Waals surface area contributed by atoms with E-state index in [0.717, 1.165) is 27.5 Å². The van der Waals surface area contributed by atoms with Crippen molar-refractivity contribution >= 4 is 20.9 Å². The highest BCUT2D eigenvalue weighted by molar-refractivity contribution is 8.18. The molecule has 254 valence electrons. The number of thiol groups is 1. The Balaban J connectivity index is 1.54. The van der Waals surface area contributed by atoms with E-state index in [1.165, 1.54) is 18.2 Å². The first kappa shape index (κ1) is 34.6. The van der Waals surface area contributed by atoms with Crippen molar-refractivity contribution in [3.8, 4) is 11.3 Å². The summed E-state index contributed by atoms with van der Waals surface area (Å²) in [6, 6.07) is 4.60. The van der Waals surface area contributed by atoms with Crippen LogP contribution in [0.4, 0.5) is 26.3 Å². The average molecular weight is 699 g/mol. The predicted molar refractivity (Wildman–Crippen MR) is 156 cm³/mol. The van der Waals surface area contributed by atoms with Gasteiger partial charge in [-0.2, -0.15) is 13.2 Å². The van der Waals surface area contributed by atoms with Gasteiger partial charge in [-0.15, -0.1) is 5.10 Å². The van der Waals surface area contributed by atoms with Crippen LogP contribution in [0.2, 0.25) is 0 Å². The molecule has 0 aliphatic carbocycles. The van der Waals surface area contributed by atoms with Gasteiger partial charge in [0.1, 0.15) is 11.7 Å². The number of aromatic nitrogens is 3. The number of hydrogen-bond acceptors (Lipinski definition) is 8. The minimum absolute atomic E-state index is 0.144. The third-order valence-electron chi connectivity index (χ3n) is 8.70. The molecular weight excluding hydrogens is 666 g/mol. The van der Waals surface area contributed by atoms with Gasteiger partial charge in [-0.3, -0.25) is 0 Å². The zero-order valence-electron chi connectivity index (χ0n) is 24.2. The number of benzene rings is 2. The van der Waals surface area contributed by atoms with Gasteiger partial charge in [-0.1, -0.05) is 23.4 Å². The lowest BCUT2D eigenvalue weighted by Crippen LogP contribution is -2.55. The normalized spacial score (nSPS) is 27.4. The van der Waals surface area contributed by atoms with E-state index in [1.807, 2.05) is 0 Å². The number of rotatable bonds is 7. The van der Waals surface area contributed by atoms with Crippen LogP contribution in [-0.2, 0) is 16.2 Å². The summed E-state index contributed by atoms with van der Waals surface area (Å²) < 4.78 is 111. The van der Waals surface area contributed by atoms with Gasteiger partial charge >= 0.3 is 6.18 Å². The molecule has 0 bridgehead atoms. The molecule has 3 heterocycles. The summed E-state index contributed by atoms with van der Waals surface area (Å²) in [5.74, 6) is -4.96. The van der Waals surface area contributed by atoms with E-state index < -0.39 is 91.1 Å². The third kappa shape index (κ3) is 6.52. The standard InChI is InChI=1S/C28H32F6N4O6S2/c1-46(43,44)37-8-6-27(42,7-9-37)26(16-4-2-3-5-17(16)28(32,33)34)45-14-21(40)24(25(41)22(45)13-39)38-12-20(35-36-38)15-10-18(29)23(31)19(30)11-15/h2-5,10-12,21-22,24-26,39-42,45H,6-9,13-14H2,1H3/t21-,22+,24-,25-,26+/m0/s1.